The highest BCUT2D eigenvalue weighted by atomic mass is 16.8. The Bertz CT molecular complexity index is 413. The lowest BCUT2D eigenvalue weighted by Crippen LogP contribution is -2.64. The Morgan fingerprint density at radius 3 is 2.15 bits per heavy atom. The van der Waals surface area contributed by atoms with Crippen LogP contribution < -0.4 is 45.9 Å². The SMILES string of the molecule is NC(N)=C(N)COC1COC(N)(N)OC1C(N)=C(N)N. The van der Waals surface area contributed by atoms with Gasteiger partial charge in [-0.05, 0) is 0 Å². The maximum atomic E-state index is 5.73. The van der Waals surface area contributed by atoms with Gasteiger partial charge in [0.05, 0.1) is 24.6 Å². The molecule has 116 valence electrons. The molecule has 2 atom stereocenters. The first-order valence-electron chi connectivity index (χ1n) is 5.65. The number of hydrogen-bond donors (Lipinski definition) is 8. The molecule has 0 radical (unpaired) electrons. The third-order valence-corrected chi connectivity index (χ3v) is 2.59. The molecule has 2 unspecified atom stereocenters. The second kappa shape index (κ2) is 6.02. The lowest BCUT2D eigenvalue weighted by Gasteiger charge is -2.39. The summed E-state index contributed by atoms with van der Waals surface area (Å²) in [7, 11) is 0. The second-order valence-corrected chi connectivity index (χ2v) is 4.31. The van der Waals surface area contributed by atoms with E-state index in [0.717, 1.165) is 0 Å². The number of hydrogen-bond acceptors (Lipinski definition) is 11. The van der Waals surface area contributed by atoms with Gasteiger partial charge in [0.1, 0.15) is 23.8 Å². The number of ether oxygens (including phenoxy) is 3. The Morgan fingerprint density at radius 1 is 1.05 bits per heavy atom. The van der Waals surface area contributed by atoms with Gasteiger partial charge in [0.25, 0.3) is 6.03 Å². The molecule has 16 N–H and O–H groups in total. The van der Waals surface area contributed by atoms with Gasteiger partial charge in [0.15, 0.2) is 0 Å². The van der Waals surface area contributed by atoms with Gasteiger partial charge in [0.2, 0.25) is 0 Å². The van der Waals surface area contributed by atoms with Gasteiger partial charge in [-0.1, -0.05) is 0 Å². The number of nitrogens with two attached hydrogens (primary N) is 8. The van der Waals surface area contributed by atoms with E-state index in [-0.39, 0.29) is 36.2 Å². The van der Waals surface area contributed by atoms with E-state index in [1.165, 1.54) is 0 Å². The highest BCUT2D eigenvalue weighted by molar-refractivity contribution is 5.13. The molecule has 0 amide bonds. The Balaban J connectivity index is 2.82. The summed E-state index contributed by atoms with van der Waals surface area (Å²) in [6, 6.07) is -1.82. The molecule has 11 heteroatoms. The van der Waals surface area contributed by atoms with E-state index in [1.807, 2.05) is 0 Å². The molecule has 1 rings (SSSR count). The fraction of sp³-hybridized carbons (Fsp3) is 0.556. The van der Waals surface area contributed by atoms with Gasteiger partial charge in [0, 0.05) is 0 Å². The molecule has 0 bridgehead atoms. The van der Waals surface area contributed by atoms with Crippen LogP contribution in [-0.2, 0) is 14.2 Å². The van der Waals surface area contributed by atoms with Crippen LogP contribution in [0.15, 0.2) is 23.0 Å². The Hall–Kier alpha value is -1.92. The first-order valence-corrected chi connectivity index (χ1v) is 5.65. The van der Waals surface area contributed by atoms with Crippen LogP contribution in [0.25, 0.3) is 0 Å². The fourth-order valence-corrected chi connectivity index (χ4v) is 1.45. The normalized spacial score (nSPS) is 24.9. The van der Waals surface area contributed by atoms with Crippen LogP contribution in [0.2, 0.25) is 0 Å². The minimum absolute atomic E-state index is 0.0105. The Morgan fingerprint density at radius 2 is 1.65 bits per heavy atom. The van der Waals surface area contributed by atoms with Gasteiger partial charge >= 0.3 is 0 Å². The Labute approximate surface area is 115 Å². The molecular formula is C9H22N8O3. The molecule has 1 saturated heterocycles. The van der Waals surface area contributed by atoms with Crippen LogP contribution >= 0.6 is 0 Å². The van der Waals surface area contributed by atoms with E-state index in [0.29, 0.717) is 0 Å². The van der Waals surface area contributed by atoms with Crippen molar-refractivity contribution in [2.75, 3.05) is 13.2 Å². The third kappa shape index (κ3) is 4.04. The summed E-state index contributed by atoms with van der Waals surface area (Å²) in [5.41, 5.74) is 44.0. The van der Waals surface area contributed by atoms with Crippen molar-refractivity contribution < 1.29 is 14.2 Å². The minimum atomic E-state index is -1.82. The first-order chi connectivity index (χ1) is 9.14. The monoisotopic (exact) mass is 290 g/mol. The predicted octanol–water partition coefficient (Wildman–Crippen LogP) is -4.59. The molecule has 0 aromatic heterocycles. The molecule has 20 heavy (non-hydrogen) atoms. The van der Waals surface area contributed by atoms with Crippen molar-refractivity contribution in [1.29, 1.82) is 0 Å². The smallest absolute Gasteiger partial charge is 0.287 e. The van der Waals surface area contributed by atoms with Gasteiger partial charge in [-0.2, -0.15) is 0 Å². The molecule has 0 spiro atoms. The maximum absolute atomic E-state index is 5.73. The van der Waals surface area contributed by atoms with Crippen molar-refractivity contribution in [3.05, 3.63) is 23.0 Å². The molecule has 1 heterocycles. The highest BCUT2D eigenvalue weighted by Gasteiger charge is 2.40. The van der Waals surface area contributed by atoms with Crippen LogP contribution in [-0.4, -0.2) is 31.5 Å². The molecule has 11 nitrogen and oxygen atoms in total. The molecule has 0 aromatic rings. The van der Waals surface area contributed by atoms with Crippen molar-refractivity contribution in [1.82, 2.24) is 0 Å². The zero-order chi connectivity index (χ0) is 15.5. The highest BCUT2D eigenvalue weighted by Crippen LogP contribution is 2.21. The summed E-state index contributed by atoms with van der Waals surface area (Å²) in [5, 5.41) is 0. The van der Waals surface area contributed by atoms with E-state index < -0.39 is 18.2 Å². The van der Waals surface area contributed by atoms with Crippen LogP contribution in [0, 0.1) is 0 Å². The standard InChI is InChI=1S/C9H22N8O3/c10-3(7(12)13)1-18-4-2-19-9(16,17)20-6(4)5(11)8(14)15/h4,6H,1-2,10-17H2. The van der Waals surface area contributed by atoms with Gasteiger partial charge in [-0.15, -0.1) is 0 Å². The van der Waals surface area contributed by atoms with Gasteiger partial charge < -0.3 is 48.6 Å². The maximum Gasteiger partial charge on any atom is 0.287 e. The van der Waals surface area contributed by atoms with E-state index >= 15 is 0 Å². The molecule has 0 saturated carbocycles. The van der Waals surface area contributed by atoms with E-state index in [4.69, 9.17) is 60.1 Å². The number of rotatable bonds is 4. The van der Waals surface area contributed by atoms with Crippen LogP contribution in [0.4, 0.5) is 0 Å². The lowest BCUT2D eigenvalue weighted by molar-refractivity contribution is -0.313. The summed E-state index contributed by atoms with van der Waals surface area (Å²) in [4.78, 5) is 0. The summed E-state index contributed by atoms with van der Waals surface area (Å²) in [6.07, 6.45) is -1.58. The van der Waals surface area contributed by atoms with Crippen molar-refractivity contribution in [2.24, 2.45) is 45.9 Å². The summed E-state index contributed by atoms with van der Waals surface area (Å²) < 4.78 is 15.8. The quantitative estimate of drug-likeness (QED) is 0.229. The fourth-order valence-electron chi connectivity index (χ4n) is 1.45. The molecule has 1 aliphatic heterocycles. The summed E-state index contributed by atoms with van der Waals surface area (Å²) in [6.45, 7) is -0.0699. The zero-order valence-electron chi connectivity index (χ0n) is 10.9. The van der Waals surface area contributed by atoms with Crippen molar-refractivity contribution in [3.8, 4) is 0 Å². The van der Waals surface area contributed by atoms with Crippen LogP contribution in [0.3, 0.4) is 0 Å². The van der Waals surface area contributed by atoms with Crippen molar-refractivity contribution in [2.45, 2.75) is 18.2 Å². The average molecular weight is 290 g/mol. The van der Waals surface area contributed by atoms with Gasteiger partial charge in [-0.25, -0.2) is 0 Å². The average Bonchev–Trinajstić information content (AvgIpc) is 2.34. The molecule has 1 aliphatic rings. The third-order valence-electron chi connectivity index (χ3n) is 2.59. The minimum Gasteiger partial charge on any atom is -0.397 e. The lowest BCUT2D eigenvalue weighted by atomic mass is 10.1. The predicted molar refractivity (Wildman–Crippen MR) is 70.8 cm³/mol. The van der Waals surface area contributed by atoms with E-state index in [9.17, 15) is 0 Å². The van der Waals surface area contributed by atoms with Crippen LogP contribution in [0.5, 0.6) is 0 Å². The summed E-state index contributed by atoms with van der Waals surface area (Å²) >= 11 is 0. The largest absolute Gasteiger partial charge is 0.397 e. The molecular weight excluding hydrogens is 268 g/mol. The van der Waals surface area contributed by atoms with Crippen LogP contribution in [0.1, 0.15) is 0 Å². The van der Waals surface area contributed by atoms with E-state index in [1.54, 1.807) is 0 Å². The van der Waals surface area contributed by atoms with E-state index in [2.05, 4.69) is 0 Å². The van der Waals surface area contributed by atoms with Crippen molar-refractivity contribution in [3.63, 3.8) is 0 Å². The summed E-state index contributed by atoms with van der Waals surface area (Å²) in [5.74, 6) is -0.184. The zero-order valence-corrected chi connectivity index (χ0v) is 10.9. The topological polar surface area (TPSA) is 236 Å². The van der Waals surface area contributed by atoms with Gasteiger partial charge in [-0.3, -0.25) is 11.5 Å². The molecule has 1 fully saturated rings. The first kappa shape index (κ1) is 16.1. The van der Waals surface area contributed by atoms with Crippen molar-refractivity contribution >= 4 is 0 Å². The Kier molecular flexibility index (Phi) is 4.86. The molecule has 0 aliphatic carbocycles. The second-order valence-electron chi connectivity index (χ2n) is 4.31. The molecule has 0 aromatic carbocycles.